The lowest BCUT2D eigenvalue weighted by atomic mass is 10.2. The molecule has 2 unspecified atom stereocenters. The van der Waals surface area contributed by atoms with Crippen molar-refractivity contribution in [3.63, 3.8) is 0 Å². The zero-order valence-electron chi connectivity index (χ0n) is 12.4. The molecule has 0 bridgehead atoms. The first-order valence-corrected chi connectivity index (χ1v) is 6.97. The van der Waals surface area contributed by atoms with Gasteiger partial charge in [0, 0.05) is 18.6 Å². The minimum atomic E-state index is -0.674. The molecule has 0 spiro atoms. The normalized spacial score (nSPS) is 15.9. The predicted molar refractivity (Wildman–Crippen MR) is 73.1 cm³/mol. The number of hydrogen-bond donors (Lipinski definition) is 1. The number of nitrogens with zero attached hydrogens (tertiary/aromatic N) is 1. The van der Waals surface area contributed by atoms with Gasteiger partial charge in [0.2, 0.25) is 0 Å². The Kier molecular flexibility index (Phi) is 8.83. The standard InChI is InChI=1S/C14H31NO2/c1-7-8-9-13(6)17-14(16)10-15(11(2)3)12(4)5/h11-14,16H,7-10H2,1-6H3. The van der Waals surface area contributed by atoms with Gasteiger partial charge in [0.15, 0.2) is 6.29 Å². The summed E-state index contributed by atoms with van der Waals surface area (Å²) in [5.74, 6) is 0. The second kappa shape index (κ2) is 8.90. The Morgan fingerprint density at radius 2 is 1.59 bits per heavy atom. The van der Waals surface area contributed by atoms with E-state index in [1.807, 2.05) is 6.92 Å². The molecule has 0 aliphatic rings. The summed E-state index contributed by atoms with van der Waals surface area (Å²) in [6, 6.07) is 0.860. The highest BCUT2D eigenvalue weighted by Crippen LogP contribution is 2.10. The molecule has 1 N–H and O–H groups in total. The topological polar surface area (TPSA) is 32.7 Å². The third-order valence-corrected chi connectivity index (χ3v) is 3.05. The van der Waals surface area contributed by atoms with Crippen LogP contribution in [0, 0.1) is 0 Å². The minimum Gasteiger partial charge on any atom is -0.367 e. The molecule has 17 heavy (non-hydrogen) atoms. The van der Waals surface area contributed by atoms with Gasteiger partial charge in [0.05, 0.1) is 6.10 Å². The van der Waals surface area contributed by atoms with Gasteiger partial charge in [0.25, 0.3) is 0 Å². The largest absolute Gasteiger partial charge is 0.367 e. The fourth-order valence-corrected chi connectivity index (χ4v) is 2.07. The summed E-state index contributed by atoms with van der Waals surface area (Å²) < 4.78 is 5.60. The number of unbranched alkanes of at least 4 members (excludes halogenated alkanes) is 1. The van der Waals surface area contributed by atoms with Gasteiger partial charge < -0.3 is 9.84 Å². The zero-order valence-corrected chi connectivity index (χ0v) is 12.4. The van der Waals surface area contributed by atoms with Gasteiger partial charge in [-0.25, -0.2) is 0 Å². The van der Waals surface area contributed by atoms with Gasteiger partial charge >= 0.3 is 0 Å². The summed E-state index contributed by atoms with van der Waals surface area (Å²) in [7, 11) is 0. The van der Waals surface area contributed by atoms with Crippen molar-refractivity contribution in [1.29, 1.82) is 0 Å². The molecule has 0 saturated carbocycles. The van der Waals surface area contributed by atoms with Crippen LogP contribution < -0.4 is 0 Å². The summed E-state index contributed by atoms with van der Waals surface area (Å²) in [4.78, 5) is 2.25. The van der Waals surface area contributed by atoms with E-state index in [4.69, 9.17) is 4.74 Å². The van der Waals surface area contributed by atoms with Gasteiger partial charge in [0.1, 0.15) is 0 Å². The van der Waals surface area contributed by atoms with Crippen molar-refractivity contribution < 1.29 is 9.84 Å². The van der Waals surface area contributed by atoms with Gasteiger partial charge in [-0.2, -0.15) is 0 Å². The van der Waals surface area contributed by atoms with E-state index in [1.165, 1.54) is 6.42 Å². The second-order valence-electron chi connectivity index (χ2n) is 5.43. The van der Waals surface area contributed by atoms with Crippen LogP contribution >= 0.6 is 0 Å². The van der Waals surface area contributed by atoms with Crippen LogP contribution in [0.4, 0.5) is 0 Å². The Balaban J connectivity index is 4.01. The summed E-state index contributed by atoms with van der Waals surface area (Å²) in [6.45, 7) is 13.4. The first-order valence-electron chi connectivity index (χ1n) is 6.97. The quantitative estimate of drug-likeness (QED) is 0.634. The fraction of sp³-hybridized carbons (Fsp3) is 1.00. The van der Waals surface area contributed by atoms with E-state index in [2.05, 4.69) is 39.5 Å². The first-order chi connectivity index (χ1) is 7.88. The highest BCUT2D eigenvalue weighted by atomic mass is 16.6. The van der Waals surface area contributed by atoms with E-state index < -0.39 is 6.29 Å². The molecule has 0 aromatic carbocycles. The van der Waals surface area contributed by atoms with Crippen LogP contribution in [0.3, 0.4) is 0 Å². The van der Waals surface area contributed by atoms with Gasteiger partial charge in [-0.1, -0.05) is 19.8 Å². The van der Waals surface area contributed by atoms with E-state index in [0.717, 1.165) is 12.8 Å². The molecule has 104 valence electrons. The minimum absolute atomic E-state index is 0.145. The van der Waals surface area contributed by atoms with Crippen molar-refractivity contribution in [2.24, 2.45) is 0 Å². The molecule has 0 radical (unpaired) electrons. The molecular formula is C14H31NO2. The maximum atomic E-state index is 9.92. The first kappa shape index (κ1) is 16.9. The van der Waals surface area contributed by atoms with Crippen molar-refractivity contribution in [2.75, 3.05) is 6.54 Å². The SMILES string of the molecule is CCCCC(C)OC(O)CN(C(C)C)C(C)C. The molecule has 3 heteroatoms. The van der Waals surface area contributed by atoms with Crippen molar-refractivity contribution in [2.45, 2.75) is 85.3 Å². The van der Waals surface area contributed by atoms with Crippen LogP contribution in [0.5, 0.6) is 0 Å². The summed E-state index contributed by atoms with van der Waals surface area (Å²) in [5, 5.41) is 9.92. The van der Waals surface area contributed by atoms with Crippen molar-refractivity contribution in [3.8, 4) is 0 Å². The van der Waals surface area contributed by atoms with E-state index in [9.17, 15) is 5.11 Å². The Bertz CT molecular complexity index is 175. The lowest BCUT2D eigenvalue weighted by Crippen LogP contribution is -2.43. The monoisotopic (exact) mass is 245 g/mol. The average molecular weight is 245 g/mol. The van der Waals surface area contributed by atoms with E-state index >= 15 is 0 Å². The van der Waals surface area contributed by atoms with Crippen LogP contribution in [-0.4, -0.2) is 41.0 Å². The third kappa shape index (κ3) is 7.74. The molecule has 0 fully saturated rings. The molecule has 2 atom stereocenters. The number of rotatable bonds is 9. The molecule has 0 aliphatic carbocycles. The Morgan fingerprint density at radius 1 is 1.06 bits per heavy atom. The summed E-state index contributed by atoms with van der Waals surface area (Å²) in [6.07, 6.45) is 2.83. The van der Waals surface area contributed by atoms with E-state index in [1.54, 1.807) is 0 Å². The molecule has 0 rings (SSSR count). The number of hydrogen-bond acceptors (Lipinski definition) is 3. The van der Waals surface area contributed by atoms with Crippen molar-refractivity contribution in [3.05, 3.63) is 0 Å². The molecule has 0 aromatic heterocycles. The van der Waals surface area contributed by atoms with Crippen LogP contribution in [0.1, 0.15) is 60.8 Å². The Hall–Kier alpha value is -0.120. The molecule has 0 aliphatic heterocycles. The molecule has 0 amide bonds. The van der Waals surface area contributed by atoms with Crippen LogP contribution in [-0.2, 0) is 4.74 Å². The fourth-order valence-electron chi connectivity index (χ4n) is 2.07. The highest BCUT2D eigenvalue weighted by molar-refractivity contribution is 4.68. The Labute approximate surface area is 107 Å². The lowest BCUT2D eigenvalue weighted by Gasteiger charge is -2.32. The van der Waals surface area contributed by atoms with Gasteiger partial charge in [-0.15, -0.1) is 0 Å². The second-order valence-corrected chi connectivity index (χ2v) is 5.43. The van der Waals surface area contributed by atoms with Crippen LogP contribution in [0.2, 0.25) is 0 Å². The number of aliphatic hydroxyl groups excluding tert-OH is 1. The van der Waals surface area contributed by atoms with E-state index in [-0.39, 0.29) is 6.10 Å². The maximum Gasteiger partial charge on any atom is 0.167 e. The van der Waals surface area contributed by atoms with Crippen LogP contribution in [0.25, 0.3) is 0 Å². The van der Waals surface area contributed by atoms with Gasteiger partial charge in [-0.05, 0) is 41.0 Å². The highest BCUT2D eigenvalue weighted by Gasteiger charge is 2.19. The summed E-state index contributed by atoms with van der Waals surface area (Å²) >= 11 is 0. The molecule has 0 saturated heterocycles. The van der Waals surface area contributed by atoms with Gasteiger partial charge in [-0.3, -0.25) is 4.90 Å². The molecule has 3 nitrogen and oxygen atoms in total. The van der Waals surface area contributed by atoms with Crippen molar-refractivity contribution in [1.82, 2.24) is 4.90 Å². The lowest BCUT2D eigenvalue weighted by molar-refractivity contribution is -0.148. The predicted octanol–water partition coefficient (Wildman–Crippen LogP) is 3.02. The Morgan fingerprint density at radius 3 is 2.00 bits per heavy atom. The third-order valence-electron chi connectivity index (χ3n) is 3.05. The smallest absolute Gasteiger partial charge is 0.167 e. The molecule has 0 heterocycles. The number of ether oxygens (including phenoxy) is 1. The maximum absolute atomic E-state index is 9.92. The molecule has 0 aromatic rings. The zero-order chi connectivity index (χ0) is 13.4. The number of aliphatic hydroxyl groups is 1. The van der Waals surface area contributed by atoms with Crippen molar-refractivity contribution >= 4 is 0 Å². The average Bonchev–Trinajstić information content (AvgIpc) is 2.22. The molecular weight excluding hydrogens is 214 g/mol. The van der Waals surface area contributed by atoms with E-state index in [0.29, 0.717) is 18.6 Å². The summed E-state index contributed by atoms with van der Waals surface area (Å²) in [5.41, 5.74) is 0. The van der Waals surface area contributed by atoms with Crippen LogP contribution in [0.15, 0.2) is 0 Å².